The highest BCUT2D eigenvalue weighted by molar-refractivity contribution is 4.86. The largest absolute Gasteiger partial charge is 0.212 e. The average molecular weight is 102 g/mol. The van der Waals surface area contributed by atoms with Gasteiger partial charge in [0.2, 0.25) is 0 Å². The van der Waals surface area contributed by atoms with Crippen molar-refractivity contribution in [1.82, 2.24) is 0 Å². The maximum Gasteiger partial charge on any atom is 0.0956 e. The van der Waals surface area contributed by atoms with Gasteiger partial charge in [-0.1, -0.05) is 13.0 Å². The Morgan fingerprint density at radius 3 is 2.43 bits per heavy atom. The Balaban J connectivity index is 3.17. The van der Waals surface area contributed by atoms with Gasteiger partial charge in [-0.2, -0.15) is 0 Å². The van der Waals surface area contributed by atoms with Crippen molar-refractivity contribution in [3.8, 4) is 0 Å². The lowest BCUT2D eigenvalue weighted by molar-refractivity contribution is 0.582. The Bertz CT molecular complexity index is 64.6. The molecule has 0 bridgehead atoms. The minimum Gasteiger partial charge on any atom is -0.212 e. The van der Waals surface area contributed by atoms with Crippen molar-refractivity contribution in [2.45, 2.75) is 26.7 Å². The fourth-order valence-corrected chi connectivity index (χ4v) is 0.383. The van der Waals surface area contributed by atoms with Gasteiger partial charge < -0.3 is 0 Å². The fourth-order valence-electron chi connectivity index (χ4n) is 0.383. The summed E-state index contributed by atoms with van der Waals surface area (Å²) in [5.41, 5.74) is 0. The molecule has 1 heteroatoms. The second-order valence-electron chi connectivity index (χ2n) is 1.49. The summed E-state index contributed by atoms with van der Waals surface area (Å²) in [5.74, 6) is 0.00231. The van der Waals surface area contributed by atoms with E-state index in [0.29, 0.717) is 6.42 Å². The van der Waals surface area contributed by atoms with Gasteiger partial charge in [0.25, 0.3) is 0 Å². The molecule has 0 unspecified atom stereocenters. The smallest absolute Gasteiger partial charge is 0.0956 e. The number of allylic oxidation sites excluding steroid dienone is 2. The number of hydrogen-bond donors (Lipinski definition) is 0. The molecule has 0 amide bonds. The summed E-state index contributed by atoms with van der Waals surface area (Å²) in [7, 11) is 0. The van der Waals surface area contributed by atoms with E-state index in [9.17, 15) is 4.39 Å². The van der Waals surface area contributed by atoms with E-state index in [0.717, 1.165) is 6.42 Å². The monoisotopic (exact) mass is 102 g/mol. The minimum atomic E-state index is 0.00231. The van der Waals surface area contributed by atoms with Crippen molar-refractivity contribution >= 4 is 0 Å². The van der Waals surface area contributed by atoms with Gasteiger partial charge in [-0.15, -0.1) is 0 Å². The lowest BCUT2D eigenvalue weighted by atomic mass is 10.3. The lowest BCUT2D eigenvalue weighted by Gasteiger charge is -1.86. The Labute approximate surface area is 44.0 Å². The van der Waals surface area contributed by atoms with Crippen LogP contribution < -0.4 is 0 Å². The third kappa shape index (κ3) is 3.50. The molecule has 0 nitrogen and oxygen atoms in total. The normalized spacial score (nSPS) is 12.1. The highest BCUT2D eigenvalue weighted by Gasteiger charge is 1.85. The van der Waals surface area contributed by atoms with Gasteiger partial charge in [-0.3, -0.25) is 0 Å². The molecule has 0 radical (unpaired) electrons. The third-order valence-corrected chi connectivity index (χ3v) is 0.802. The zero-order valence-corrected chi connectivity index (χ0v) is 4.87. The molecule has 0 atom stereocenters. The molecule has 7 heavy (non-hydrogen) atoms. The first-order chi connectivity index (χ1) is 3.31. The standard InChI is InChI=1S/C6H11F/c1-3-5-6(7)4-2/h4H,3,5H2,1-2H3/b6-4+. The van der Waals surface area contributed by atoms with Crippen LogP contribution in [-0.4, -0.2) is 0 Å². The van der Waals surface area contributed by atoms with E-state index in [1.807, 2.05) is 6.92 Å². The molecular formula is C6H11F. The zero-order chi connectivity index (χ0) is 5.70. The van der Waals surface area contributed by atoms with E-state index in [4.69, 9.17) is 0 Å². The maximum absolute atomic E-state index is 12.0. The molecule has 0 aromatic carbocycles. The zero-order valence-electron chi connectivity index (χ0n) is 4.87. The molecule has 42 valence electrons. The van der Waals surface area contributed by atoms with Crippen molar-refractivity contribution in [2.75, 3.05) is 0 Å². The summed E-state index contributed by atoms with van der Waals surface area (Å²) in [6.45, 7) is 3.67. The van der Waals surface area contributed by atoms with Gasteiger partial charge >= 0.3 is 0 Å². The van der Waals surface area contributed by atoms with Crippen LogP contribution in [0, 0.1) is 0 Å². The van der Waals surface area contributed by atoms with E-state index in [1.54, 1.807) is 6.92 Å². The summed E-state index contributed by atoms with van der Waals surface area (Å²) in [6.07, 6.45) is 3.00. The second kappa shape index (κ2) is 3.85. The molecule has 0 N–H and O–H groups in total. The van der Waals surface area contributed by atoms with E-state index < -0.39 is 0 Å². The van der Waals surface area contributed by atoms with E-state index in [-0.39, 0.29) is 5.83 Å². The third-order valence-electron chi connectivity index (χ3n) is 0.802. The van der Waals surface area contributed by atoms with Gasteiger partial charge in [0.15, 0.2) is 0 Å². The van der Waals surface area contributed by atoms with Crippen molar-refractivity contribution in [3.63, 3.8) is 0 Å². The summed E-state index contributed by atoms with van der Waals surface area (Å²) in [6, 6.07) is 0. The van der Waals surface area contributed by atoms with Crippen LogP contribution in [0.2, 0.25) is 0 Å². The van der Waals surface area contributed by atoms with Gasteiger partial charge in [0.1, 0.15) is 0 Å². The highest BCUT2D eigenvalue weighted by atomic mass is 19.1. The summed E-state index contributed by atoms with van der Waals surface area (Å²) < 4.78 is 12.0. The molecule has 0 aromatic rings. The molecule has 0 fully saturated rings. The van der Waals surface area contributed by atoms with Gasteiger partial charge in [-0.25, -0.2) is 4.39 Å². The van der Waals surface area contributed by atoms with Crippen LogP contribution in [0.3, 0.4) is 0 Å². The molecule has 0 aliphatic heterocycles. The predicted molar refractivity (Wildman–Crippen MR) is 29.8 cm³/mol. The van der Waals surface area contributed by atoms with Gasteiger partial charge in [-0.05, 0) is 19.8 Å². The Kier molecular flexibility index (Phi) is 3.67. The molecule has 0 spiro atoms. The molecule has 0 rings (SSSR count). The molecule has 0 heterocycles. The first kappa shape index (κ1) is 6.67. The molecule has 0 aliphatic carbocycles. The SMILES string of the molecule is C/C=C(/F)CCC. The predicted octanol–water partition coefficient (Wildman–Crippen LogP) is 2.66. The van der Waals surface area contributed by atoms with Gasteiger partial charge in [0.05, 0.1) is 5.83 Å². The Hall–Kier alpha value is -0.330. The van der Waals surface area contributed by atoms with E-state index in [1.165, 1.54) is 6.08 Å². The van der Waals surface area contributed by atoms with Crippen LogP contribution in [0.15, 0.2) is 11.9 Å². The van der Waals surface area contributed by atoms with Crippen LogP contribution in [0.25, 0.3) is 0 Å². The average Bonchev–Trinajstić information content (AvgIpc) is 1.68. The lowest BCUT2D eigenvalue weighted by Crippen LogP contribution is -1.68. The molecule has 0 saturated carbocycles. The van der Waals surface area contributed by atoms with Crippen LogP contribution in [0.4, 0.5) is 4.39 Å². The maximum atomic E-state index is 12.0. The Morgan fingerprint density at radius 2 is 2.29 bits per heavy atom. The first-order valence-corrected chi connectivity index (χ1v) is 2.62. The molecule has 0 saturated heterocycles. The van der Waals surface area contributed by atoms with Crippen LogP contribution in [0.5, 0.6) is 0 Å². The van der Waals surface area contributed by atoms with E-state index >= 15 is 0 Å². The van der Waals surface area contributed by atoms with Crippen molar-refractivity contribution in [1.29, 1.82) is 0 Å². The minimum absolute atomic E-state index is 0.00231. The highest BCUT2D eigenvalue weighted by Crippen LogP contribution is 2.03. The van der Waals surface area contributed by atoms with Crippen LogP contribution in [-0.2, 0) is 0 Å². The fraction of sp³-hybridized carbons (Fsp3) is 0.667. The second-order valence-corrected chi connectivity index (χ2v) is 1.49. The van der Waals surface area contributed by atoms with Crippen LogP contribution >= 0.6 is 0 Å². The molecular weight excluding hydrogens is 91.1 g/mol. The number of hydrogen-bond acceptors (Lipinski definition) is 0. The molecule has 0 aromatic heterocycles. The Morgan fingerprint density at radius 1 is 1.71 bits per heavy atom. The summed E-state index contributed by atoms with van der Waals surface area (Å²) in [5, 5.41) is 0. The summed E-state index contributed by atoms with van der Waals surface area (Å²) in [4.78, 5) is 0. The topological polar surface area (TPSA) is 0 Å². The quantitative estimate of drug-likeness (QED) is 0.502. The summed E-state index contributed by atoms with van der Waals surface area (Å²) >= 11 is 0. The number of halogens is 1. The van der Waals surface area contributed by atoms with E-state index in [2.05, 4.69) is 0 Å². The van der Waals surface area contributed by atoms with Crippen molar-refractivity contribution < 1.29 is 4.39 Å². The van der Waals surface area contributed by atoms with Crippen LogP contribution in [0.1, 0.15) is 26.7 Å². The first-order valence-electron chi connectivity index (χ1n) is 2.62. The van der Waals surface area contributed by atoms with Crippen molar-refractivity contribution in [3.05, 3.63) is 11.9 Å². The number of rotatable bonds is 2. The van der Waals surface area contributed by atoms with Gasteiger partial charge in [0, 0.05) is 0 Å². The molecule has 0 aliphatic rings. The van der Waals surface area contributed by atoms with Crippen molar-refractivity contribution in [2.24, 2.45) is 0 Å².